The molecule has 2 heterocycles. The first-order valence-corrected chi connectivity index (χ1v) is 13.3. The number of amides is 1. The minimum Gasteiger partial charge on any atom is -0.379 e. The number of sulfone groups is 1. The third-order valence-electron chi connectivity index (χ3n) is 5.55. The summed E-state index contributed by atoms with van der Waals surface area (Å²) in [5.74, 6) is -0.395. The number of nitrogens with zero attached hydrogens (tertiary/aromatic N) is 3. The SMILES string of the molecule is CCS(=O)(=O)c1ccccc1C(=O)N(CCCN1CCOCC1)c1nc2ccccc2s1. The third-order valence-corrected chi connectivity index (χ3v) is 8.40. The monoisotopic (exact) mass is 473 g/mol. The number of rotatable bonds is 8. The molecule has 3 aromatic rings. The third kappa shape index (κ3) is 5.01. The smallest absolute Gasteiger partial charge is 0.261 e. The number of carbonyl (C=O) groups is 1. The van der Waals surface area contributed by atoms with Crippen molar-refractivity contribution in [2.45, 2.75) is 18.2 Å². The van der Waals surface area contributed by atoms with Crippen molar-refractivity contribution < 1.29 is 17.9 Å². The minimum absolute atomic E-state index is 0.0601. The van der Waals surface area contributed by atoms with Crippen LogP contribution in [0.4, 0.5) is 5.13 Å². The van der Waals surface area contributed by atoms with Crippen molar-refractivity contribution in [3.8, 4) is 0 Å². The molecular formula is C23H27N3O4S2. The Kier molecular flexibility index (Phi) is 7.20. The predicted octanol–water partition coefficient (Wildman–Crippen LogP) is 3.46. The molecule has 1 aromatic heterocycles. The van der Waals surface area contributed by atoms with Crippen LogP contribution >= 0.6 is 11.3 Å². The van der Waals surface area contributed by atoms with E-state index >= 15 is 0 Å². The van der Waals surface area contributed by atoms with Gasteiger partial charge >= 0.3 is 0 Å². The molecule has 7 nitrogen and oxygen atoms in total. The van der Waals surface area contributed by atoms with Gasteiger partial charge in [-0.1, -0.05) is 42.5 Å². The van der Waals surface area contributed by atoms with Gasteiger partial charge in [0.05, 0.1) is 39.6 Å². The molecule has 1 fully saturated rings. The molecule has 0 saturated carbocycles. The Bertz CT molecular complexity index is 1150. The number of para-hydroxylation sites is 1. The summed E-state index contributed by atoms with van der Waals surface area (Å²) >= 11 is 1.44. The van der Waals surface area contributed by atoms with Crippen molar-refractivity contribution in [1.29, 1.82) is 0 Å². The zero-order chi connectivity index (χ0) is 22.6. The number of morpholine rings is 1. The van der Waals surface area contributed by atoms with Gasteiger partial charge in [-0.15, -0.1) is 0 Å². The van der Waals surface area contributed by atoms with Gasteiger partial charge in [0, 0.05) is 26.2 Å². The van der Waals surface area contributed by atoms with E-state index in [1.807, 2.05) is 24.3 Å². The molecule has 0 N–H and O–H groups in total. The van der Waals surface area contributed by atoms with Crippen molar-refractivity contribution in [3.63, 3.8) is 0 Å². The van der Waals surface area contributed by atoms with E-state index in [0.717, 1.165) is 49.5 Å². The highest BCUT2D eigenvalue weighted by Gasteiger charge is 2.27. The second kappa shape index (κ2) is 10.1. The van der Waals surface area contributed by atoms with E-state index in [1.54, 1.807) is 30.0 Å². The summed E-state index contributed by atoms with van der Waals surface area (Å²) in [4.78, 5) is 22.4. The maximum atomic E-state index is 13.7. The highest BCUT2D eigenvalue weighted by Crippen LogP contribution is 2.31. The van der Waals surface area contributed by atoms with E-state index in [-0.39, 0.29) is 22.1 Å². The van der Waals surface area contributed by atoms with Crippen LogP contribution in [0.5, 0.6) is 0 Å². The lowest BCUT2D eigenvalue weighted by Crippen LogP contribution is -2.39. The molecule has 0 atom stereocenters. The van der Waals surface area contributed by atoms with E-state index in [4.69, 9.17) is 4.74 Å². The Morgan fingerprint density at radius 2 is 1.84 bits per heavy atom. The lowest BCUT2D eigenvalue weighted by atomic mass is 10.2. The Balaban J connectivity index is 1.65. The first-order chi connectivity index (χ1) is 15.5. The quantitative estimate of drug-likeness (QED) is 0.499. The Labute approximate surface area is 192 Å². The number of hydrogen-bond acceptors (Lipinski definition) is 7. The molecule has 1 saturated heterocycles. The minimum atomic E-state index is -3.54. The standard InChI is InChI=1S/C23H27N3O4S2/c1-2-32(28,29)21-11-6-3-8-18(21)22(27)26(13-7-12-25-14-16-30-17-15-25)23-24-19-9-4-5-10-20(19)31-23/h3-6,8-11H,2,7,12-17H2,1H3. The molecule has 1 aliphatic heterocycles. The van der Waals surface area contributed by atoms with Gasteiger partial charge in [0.15, 0.2) is 15.0 Å². The van der Waals surface area contributed by atoms with Crippen LogP contribution in [0.25, 0.3) is 10.2 Å². The lowest BCUT2D eigenvalue weighted by Gasteiger charge is -2.28. The summed E-state index contributed by atoms with van der Waals surface area (Å²) in [6, 6.07) is 14.2. The molecule has 32 heavy (non-hydrogen) atoms. The second-order valence-electron chi connectivity index (χ2n) is 7.63. The number of benzene rings is 2. The summed E-state index contributed by atoms with van der Waals surface area (Å²) in [7, 11) is -3.54. The molecule has 0 radical (unpaired) electrons. The molecule has 0 spiro atoms. The molecule has 0 aliphatic carbocycles. The van der Waals surface area contributed by atoms with Crippen molar-refractivity contribution in [1.82, 2.24) is 9.88 Å². The van der Waals surface area contributed by atoms with Gasteiger partial charge in [-0.25, -0.2) is 13.4 Å². The maximum Gasteiger partial charge on any atom is 0.261 e. The Hall–Kier alpha value is -2.33. The average molecular weight is 474 g/mol. The molecular weight excluding hydrogens is 446 g/mol. The van der Waals surface area contributed by atoms with Crippen LogP contribution in [0.3, 0.4) is 0 Å². The number of carbonyl (C=O) groups excluding carboxylic acids is 1. The van der Waals surface area contributed by atoms with Crippen molar-refractivity contribution in [3.05, 3.63) is 54.1 Å². The van der Waals surface area contributed by atoms with Crippen LogP contribution in [0, 0.1) is 0 Å². The van der Waals surface area contributed by atoms with Crippen LogP contribution in [-0.4, -0.2) is 69.4 Å². The highest BCUT2D eigenvalue weighted by molar-refractivity contribution is 7.91. The Morgan fingerprint density at radius 1 is 1.12 bits per heavy atom. The second-order valence-corrected chi connectivity index (χ2v) is 10.9. The van der Waals surface area contributed by atoms with Gasteiger partial charge in [0.25, 0.3) is 5.91 Å². The first kappa shape index (κ1) is 22.8. The number of ether oxygens (including phenoxy) is 1. The largest absolute Gasteiger partial charge is 0.379 e. The van der Waals surface area contributed by atoms with Crippen molar-refractivity contribution >= 4 is 42.4 Å². The average Bonchev–Trinajstić information content (AvgIpc) is 3.26. The molecule has 2 aromatic carbocycles. The van der Waals surface area contributed by atoms with E-state index in [2.05, 4.69) is 9.88 Å². The van der Waals surface area contributed by atoms with E-state index < -0.39 is 9.84 Å². The summed E-state index contributed by atoms with van der Waals surface area (Å²) in [5, 5.41) is 0.585. The van der Waals surface area contributed by atoms with Gasteiger partial charge in [0.2, 0.25) is 0 Å². The normalized spacial score (nSPS) is 15.2. The topological polar surface area (TPSA) is 79.8 Å². The fourth-order valence-corrected chi connectivity index (χ4v) is 5.83. The molecule has 4 rings (SSSR count). The van der Waals surface area contributed by atoms with Gasteiger partial charge in [-0.2, -0.15) is 0 Å². The summed E-state index contributed by atoms with van der Waals surface area (Å²) in [5.41, 5.74) is 1.02. The molecule has 170 valence electrons. The van der Waals surface area contributed by atoms with Crippen LogP contribution in [0.1, 0.15) is 23.7 Å². The number of aromatic nitrogens is 1. The van der Waals surface area contributed by atoms with Gasteiger partial charge in [0.1, 0.15) is 0 Å². The van der Waals surface area contributed by atoms with Gasteiger partial charge in [-0.05, 0) is 30.7 Å². The molecule has 9 heteroatoms. The maximum absolute atomic E-state index is 13.7. The van der Waals surface area contributed by atoms with E-state index in [9.17, 15) is 13.2 Å². The number of thiazole rings is 1. The van der Waals surface area contributed by atoms with E-state index in [1.165, 1.54) is 17.4 Å². The number of fused-ring (bicyclic) bond motifs is 1. The Morgan fingerprint density at radius 3 is 2.59 bits per heavy atom. The van der Waals surface area contributed by atoms with Crippen LogP contribution in [-0.2, 0) is 14.6 Å². The molecule has 1 amide bonds. The fourth-order valence-electron chi connectivity index (χ4n) is 3.75. The summed E-state index contributed by atoms with van der Waals surface area (Å²) in [6.07, 6.45) is 0.754. The van der Waals surface area contributed by atoms with E-state index in [0.29, 0.717) is 11.7 Å². The first-order valence-electron chi connectivity index (χ1n) is 10.8. The zero-order valence-corrected chi connectivity index (χ0v) is 19.7. The molecule has 0 unspecified atom stereocenters. The summed E-state index contributed by atoms with van der Waals surface area (Å²) in [6.45, 7) is 6.10. The summed E-state index contributed by atoms with van der Waals surface area (Å²) < 4.78 is 31.7. The van der Waals surface area contributed by atoms with Gasteiger partial charge < -0.3 is 4.74 Å². The number of anilines is 1. The van der Waals surface area contributed by atoms with Gasteiger partial charge in [-0.3, -0.25) is 14.6 Å². The predicted molar refractivity (Wildman–Crippen MR) is 127 cm³/mol. The molecule has 0 bridgehead atoms. The fraction of sp³-hybridized carbons (Fsp3) is 0.391. The number of hydrogen-bond donors (Lipinski definition) is 0. The highest BCUT2D eigenvalue weighted by atomic mass is 32.2. The van der Waals surface area contributed by atoms with Crippen LogP contribution in [0.15, 0.2) is 53.4 Å². The van der Waals surface area contributed by atoms with Crippen molar-refractivity contribution in [2.75, 3.05) is 50.0 Å². The van der Waals surface area contributed by atoms with Crippen LogP contribution in [0.2, 0.25) is 0 Å². The zero-order valence-electron chi connectivity index (χ0n) is 18.1. The lowest BCUT2D eigenvalue weighted by molar-refractivity contribution is 0.0376. The van der Waals surface area contributed by atoms with Crippen molar-refractivity contribution in [2.24, 2.45) is 0 Å². The van der Waals surface area contributed by atoms with Crippen LogP contribution < -0.4 is 4.90 Å². The molecule has 1 aliphatic rings.